The van der Waals surface area contributed by atoms with Crippen molar-refractivity contribution in [3.63, 3.8) is 0 Å². The minimum absolute atomic E-state index is 0.0666. The molecule has 0 fully saturated rings. The first-order valence-corrected chi connectivity index (χ1v) is 12.8. The second-order valence-electron chi connectivity index (χ2n) is 6.76. The molecule has 168 valence electrons. The summed E-state index contributed by atoms with van der Waals surface area (Å²) >= 11 is 0. The Morgan fingerprint density at radius 3 is 2.03 bits per heavy atom. The molecule has 0 saturated carbocycles. The zero-order valence-corrected chi connectivity index (χ0v) is 19.4. The van der Waals surface area contributed by atoms with Crippen molar-refractivity contribution in [2.75, 3.05) is 36.5 Å². The number of nitrogens with one attached hydrogen (secondary N) is 1. The summed E-state index contributed by atoms with van der Waals surface area (Å²) in [6, 6.07) is 11.9. The van der Waals surface area contributed by atoms with Crippen LogP contribution in [0.2, 0.25) is 0 Å². The van der Waals surface area contributed by atoms with E-state index in [1.54, 1.807) is 12.1 Å². The number of rotatable bonds is 8. The maximum absolute atomic E-state index is 11.0. The lowest BCUT2D eigenvalue weighted by Crippen LogP contribution is -2.25. The van der Waals surface area contributed by atoms with Crippen LogP contribution in [0.1, 0.15) is 25.0 Å². The lowest BCUT2D eigenvalue weighted by Gasteiger charge is -2.22. The van der Waals surface area contributed by atoms with E-state index in [4.69, 9.17) is 10.3 Å². The van der Waals surface area contributed by atoms with Crippen LogP contribution >= 0.6 is 0 Å². The van der Waals surface area contributed by atoms with Gasteiger partial charge < -0.3 is 10.6 Å². The van der Waals surface area contributed by atoms with Crippen molar-refractivity contribution in [3.05, 3.63) is 53.6 Å². The number of nitrogens with zero attached hydrogens (tertiary/aromatic N) is 1. The van der Waals surface area contributed by atoms with Gasteiger partial charge >= 0.3 is 0 Å². The second kappa shape index (κ2) is 11.3. The zero-order chi connectivity index (χ0) is 22.9. The summed E-state index contributed by atoms with van der Waals surface area (Å²) in [5, 5.41) is 0. The van der Waals surface area contributed by atoms with Crippen LogP contribution in [0, 0.1) is 6.92 Å². The Kier molecular flexibility index (Phi) is 9.76. The summed E-state index contributed by atoms with van der Waals surface area (Å²) in [6.45, 7) is 8.27. The molecule has 0 unspecified atom stereocenters. The van der Waals surface area contributed by atoms with Gasteiger partial charge in [-0.05, 0) is 63.1 Å². The number of sulfonamides is 1. The van der Waals surface area contributed by atoms with E-state index in [0.717, 1.165) is 36.2 Å². The molecule has 2 aromatic carbocycles. The fraction of sp³-hybridized carbons (Fsp3) is 0.400. The van der Waals surface area contributed by atoms with E-state index in [0.29, 0.717) is 18.7 Å². The maximum atomic E-state index is 11.0. The van der Waals surface area contributed by atoms with Crippen LogP contribution in [0.3, 0.4) is 0 Å². The zero-order valence-electron chi connectivity index (χ0n) is 17.8. The molecule has 0 aromatic heterocycles. The fourth-order valence-electron chi connectivity index (χ4n) is 2.68. The number of aryl methyl sites for hydroxylation is 1. The molecule has 0 bridgehead atoms. The van der Waals surface area contributed by atoms with Crippen LogP contribution in [-0.2, 0) is 26.6 Å². The van der Waals surface area contributed by atoms with Gasteiger partial charge in [-0.1, -0.05) is 17.7 Å². The summed E-state index contributed by atoms with van der Waals surface area (Å²) < 4.78 is 54.1. The first-order valence-electron chi connectivity index (χ1n) is 9.49. The molecule has 0 heterocycles. The van der Waals surface area contributed by atoms with Crippen molar-refractivity contribution in [2.24, 2.45) is 0 Å². The molecular formula is C20H31N3O5S2. The Balaban J connectivity index is 0.000000346. The molecule has 2 rings (SSSR count). The Labute approximate surface area is 179 Å². The highest BCUT2D eigenvalue weighted by Gasteiger charge is 2.08. The third-order valence-electron chi connectivity index (χ3n) is 4.33. The molecule has 4 N–H and O–H groups in total. The molecule has 0 aliphatic rings. The van der Waals surface area contributed by atoms with Gasteiger partial charge in [0.15, 0.2) is 0 Å². The molecule has 0 aliphatic carbocycles. The van der Waals surface area contributed by atoms with E-state index < -0.39 is 20.1 Å². The second-order valence-corrected chi connectivity index (χ2v) is 10.0. The van der Waals surface area contributed by atoms with Crippen LogP contribution in [-0.4, -0.2) is 47.3 Å². The highest BCUT2D eigenvalue weighted by atomic mass is 32.2. The quantitative estimate of drug-likeness (QED) is 0.410. The first kappa shape index (κ1) is 25.9. The highest BCUT2D eigenvalue weighted by molar-refractivity contribution is 7.88. The molecule has 10 heteroatoms. The standard InChI is InChI=1S/C13H23N3O2S.C7H8O3S/c1-4-16(5-2)12-6-7-13(14)11(10-12)8-9-15-19(3,17)18;1-6-2-4-7(5-3-6)11(8,9)10/h6-7,10,15H,4-5,8-9,14H2,1-3H3;2-5H,1H3,(H,8,9,10). The highest BCUT2D eigenvalue weighted by Crippen LogP contribution is 2.21. The van der Waals surface area contributed by atoms with Crippen molar-refractivity contribution in [3.8, 4) is 0 Å². The van der Waals surface area contributed by atoms with E-state index in [1.165, 1.54) is 12.1 Å². The van der Waals surface area contributed by atoms with Crippen LogP contribution in [0.5, 0.6) is 0 Å². The third kappa shape index (κ3) is 9.12. The van der Waals surface area contributed by atoms with Gasteiger partial charge in [0, 0.05) is 31.0 Å². The molecule has 0 amide bonds. The van der Waals surface area contributed by atoms with Crippen molar-refractivity contribution in [2.45, 2.75) is 32.1 Å². The van der Waals surface area contributed by atoms with Crippen molar-refractivity contribution in [1.82, 2.24) is 4.72 Å². The molecule has 8 nitrogen and oxygen atoms in total. The molecule has 0 radical (unpaired) electrons. The van der Waals surface area contributed by atoms with Gasteiger partial charge in [0.2, 0.25) is 10.0 Å². The predicted molar refractivity (Wildman–Crippen MR) is 122 cm³/mol. The molecule has 30 heavy (non-hydrogen) atoms. The molecule has 0 spiro atoms. The van der Waals surface area contributed by atoms with E-state index in [2.05, 4.69) is 23.5 Å². The largest absolute Gasteiger partial charge is 0.399 e. The van der Waals surface area contributed by atoms with Gasteiger partial charge in [-0.3, -0.25) is 4.55 Å². The predicted octanol–water partition coefficient (Wildman–Crippen LogP) is 2.45. The Bertz CT molecular complexity index is 1020. The van der Waals surface area contributed by atoms with Crippen LogP contribution in [0.15, 0.2) is 47.4 Å². The average Bonchev–Trinajstić information content (AvgIpc) is 2.64. The number of hydrogen-bond acceptors (Lipinski definition) is 6. The van der Waals surface area contributed by atoms with Gasteiger partial charge in [0.25, 0.3) is 10.1 Å². The van der Waals surface area contributed by atoms with E-state index in [1.807, 2.05) is 25.1 Å². The number of anilines is 2. The van der Waals surface area contributed by atoms with Gasteiger partial charge in [-0.15, -0.1) is 0 Å². The van der Waals surface area contributed by atoms with Crippen molar-refractivity contribution >= 4 is 31.5 Å². The average molecular weight is 458 g/mol. The molecule has 0 atom stereocenters. The van der Waals surface area contributed by atoms with Crippen LogP contribution in [0.4, 0.5) is 11.4 Å². The molecule has 0 saturated heterocycles. The van der Waals surface area contributed by atoms with Crippen molar-refractivity contribution < 1.29 is 21.4 Å². The smallest absolute Gasteiger partial charge is 0.294 e. The summed E-state index contributed by atoms with van der Waals surface area (Å²) in [5.74, 6) is 0. The minimum atomic E-state index is -4.02. The van der Waals surface area contributed by atoms with E-state index in [9.17, 15) is 16.8 Å². The summed E-state index contributed by atoms with van der Waals surface area (Å²) in [6.07, 6.45) is 1.75. The Morgan fingerprint density at radius 1 is 1.00 bits per heavy atom. The maximum Gasteiger partial charge on any atom is 0.294 e. The minimum Gasteiger partial charge on any atom is -0.399 e. The summed E-state index contributed by atoms with van der Waals surface area (Å²) in [4.78, 5) is 2.16. The van der Waals surface area contributed by atoms with E-state index >= 15 is 0 Å². The summed E-state index contributed by atoms with van der Waals surface area (Å²) in [5.41, 5.74) is 9.67. The topological polar surface area (TPSA) is 130 Å². The number of nitrogen functional groups attached to an aromatic ring is 1. The number of hydrogen-bond donors (Lipinski definition) is 3. The third-order valence-corrected chi connectivity index (χ3v) is 5.93. The van der Waals surface area contributed by atoms with Gasteiger partial charge in [-0.2, -0.15) is 8.42 Å². The fourth-order valence-corrected chi connectivity index (χ4v) is 3.63. The number of nitrogens with two attached hydrogens (primary N) is 1. The molecule has 0 aliphatic heterocycles. The van der Waals surface area contributed by atoms with Gasteiger partial charge in [0.1, 0.15) is 0 Å². The monoisotopic (exact) mass is 457 g/mol. The van der Waals surface area contributed by atoms with Gasteiger partial charge in [-0.25, -0.2) is 13.1 Å². The lowest BCUT2D eigenvalue weighted by molar-refractivity contribution is 0.483. The number of benzene rings is 2. The Hall–Kier alpha value is -2.14. The van der Waals surface area contributed by atoms with Crippen LogP contribution < -0.4 is 15.4 Å². The van der Waals surface area contributed by atoms with Crippen LogP contribution in [0.25, 0.3) is 0 Å². The lowest BCUT2D eigenvalue weighted by atomic mass is 10.1. The molecule has 2 aromatic rings. The van der Waals surface area contributed by atoms with Crippen molar-refractivity contribution in [1.29, 1.82) is 0 Å². The SMILES string of the molecule is CCN(CC)c1ccc(N)c(CCNS(C)(=O)=O)c1.Cc1ccc(S(=O)(=O)O)cc1. The Morgan fingerprint density at radius 2 is 1.57 bits per heavy atom. The molecular weight excluding hydrogens is 426 g/mol. The summed E-state index contributed by atoms with van der Waals surface area (Å²) in [7, 11) is -7.16. The van der Waals surface area contributed by atoms with E-state index in [-0.39, 0.29) is 4.90 Å². The van der Waals surface area contributed by atoms with Gasteiger partial charge in [0.05, 0.1) is 11.2 Å². The first-order chi connectivity index (χ1) is 13.9. The normalized spacial score (nSPS) is 11.5.